The summed E-state index contributed by atoms with van der Waals surface area (Å²) in [5.41, 5.74) is 1.80. The van der Waals surface area contributed by atoms with Gasteiger partial charge in [0.1, 0.15) is 5.75 Å². The number of quaternary nitrogens is 1. The smallest absolute Gasteiger partial charge is 0.279 e. The van der Waals surface area contributed by atoms with Gasteiger partial charge in [0, 0.05) is 0 Å². The number of amides is 1. The number of para-hydroxylation sites is 3. The number of nitrogens with zero attached hydrogens (tertiary/aromatic N) is 1. The lowest BCUT2D eigenvalue weighted by atomic mass is 10.2. The quantitative estimate of drug-likeness (QED) is 0.813. The molecule has 0 bridgehead atoms. The third kappa shape index (κ3) is 4.68. The summed E-state index contributed by atoms with van der Waals surface area (Å²) >= 11 is 6.10. The van der Waals surface area contributed by atoms with Crippen molar-refractivity contribution in [2.24, 2.45) is 0 Å². The molecule has 0 aliphatic carbocycles. The third-order valence-corrected chi connectivity index (χ3v) is 4.86. The van der Waals surface area contributed by atoms with E-state index in [1.807, 2.05) is 43.3 Å². The van der Waals surface area contributed by atoms with Crippen molar-refractivity contribution in [1.82, 2.24) is 0 Å². The number of anilines is 2. The van der Waals surface area contributed by atoms with Crippen molar-refractivity contribution in [1.29, 1.82) is 0 Å². The summed E-state index contributed by atoms with van der Waals surface area (Å²) in [5.74, 6) is 0.922. The van der Waals surface area contributed by atoms with Gasteiger partial charge in [-0.05, 0) is 31.2 Å². The van der Waals surface area contributed by atoms with Crippen molar-refractivity contribution in [3.05, 3.63) is 53.6 Å². The second-order valence-corrected chi connectivity index (χ2v) is 6.75. The van der Waals surface area contributed by atoms with Crippen LogP contribution in [0.15, 0.2) is 48.5 Å². The maximum Gasteiger partial charge on any atom is 0.279 e. The Bertz CT molecular complexity index is 745. The number of piperazine rings is 1. The number of ether oxygens (including phenoxy) is 1. The Morgan fingerprint density at radius 2 is 1.85 bits per heavy atom. The fourth-order valence-electron chi connectivity index (χ4n) is 3.22. The van der Waals surface area contributed by atoms with E-state index in [0.717, 1.165) is 37.6 Å². The van der Waals surface area contributed by atoms with E-state index < -0.39 is 0 Å². The van der Waals surface area contributed by atoms with Gasteiger partial charge in [0.15, 0.2) is 6.54 Å². The fraction of sp³-hybridized carbons (Fsp3) is 0.350. The van der Waals surface area contributed by atoms with Gasteiger partial charge in [0.25, 0.3) is 5.91 Å². The maximum atomic E-state index is 12.3. The van der Waals surface area contributed by atoms with E-state index in [1.54, 1.807) is 6.07 Å². The van der Waals surface area contributed by atoms with Crippen LogP contribution in [-0.2, 0) is 4.79 Å². The lowest BCUT2D eigenvalue weighted by Gasteiger charge is -2.34. The van der Waals surface area contributed by atoms with E-state index in [9.17, 15) is 4.79 Å². The zero-order chi connectivity index (χ0) is 18.4. The monoisotopic (exact) mass is 374 g/mol. The lowest BCUT2D eigenvalue weighted by Crippen LogP contribution is -3.15. The van der Waals surface area contributed by atoms with E-state index in [2.05, 4.69) is 16.3 Å². The summed E-state index contributed by atoms with van der Waals surface area (Å²) in [6.07, 6.45) is 0. The van der Waals surface area contributed by atoms with Crippen LogP contribution in [0.3, 0.4) is 0 Å². The number of benzene rings is 2. The van der Waals surface area contributed by atoms with Crippen LogP contribution in [-0.4, -0.2) is 45.2 Å². The number of carbonyl (C=O) groups is 1. The van der Waals surface area contributed by atoms with Gasteiger partial charge in [-0.1, -0.05) is 35.9 Å². The van der Waals surface area contributed by atoms with Gasteiger partial charge in [0.05, 0.1) is 49.2 Å². The summed E-state index contributed by atoms with van der Waals surface area (Å²) in [6, 6.07) is 15.4. The van der Waals surface area contributed by atoms with Crippen LogP contribution in [0.2, 0.25) is 5.02 Å². The molecular weight excluding hydrogens is 350 g/mol. The van der Waals surface area contributed by atoms with Gasteiger partial charge in [-0.15, -0.1) is 0 Å². The minimum atomic E-state index is -0.00346. The molecule has 0 radical (unpaired) electrons. The highest BCUT2D eigenvalue weighted by molar-refractivity contribution is 6.33. The molecule has 0 unspecified atom stereocenters. The van der Waals surface area contributed by atoms with Crippen molar-refractivity contribution in [2.45, 2.75) is 6.92 Å². The molecule has 2 aromatic carbocycles. The van der Waals surface area contributed by atoms with E-state index in [4.69, 9.17) is 16.3 Å². The Morgan fingerprint density at radius 1 is 1.15 bits per heavy atom. The SMILES string of the molecule is CCOc1ccccc1N1CC[NH+](CC(=O)Nc2ccccc2Cl)CC1. The molecule has 0 aromatic heterocycles. The molecule has 1 saturated heterocycles. The van der Waals surface area contributed by atoms with Crippen LogP contribution in [0.5, 0.6) is 5.75 Å². The molecule has 1 aliphatic rings. The fourth-order valence-corrected chi connectivity index (χ4v) is 3.40. The van der Waals surface area contributed by atoms with Gasteiger partial charge in [-0.3, -0.25) is 4.79 Å². The zero-order valence-corrected chi connectivity index (χ0v) is 15.8. The van der Waals surface area contributed by atoms with Gasteiger partial charge in [-0.2, -0.15) is 0 Å². The molecular formula is C20H25ClN3O2+. The third-order valence-electron chi connectivity index (χ3n) is 4.53. The molecule has 6 heteroatoms. The van der Waals surface area contributed by atoms with Gasteiger partial charge >= 0.3 is 0 Å². The highest BCUT2D eigenvalue weighted by Crippen LogP contribution is 2.27. The molecule has 0 atom stereocenters. The molecule has 1 heterocycles. The summed E-state index contributed by atoms with van der Waals surface area (Å²) < 4.78 is 5.73. The molecule has 1 aliphatic heterocycles. The Balaban J connectivity index is 1.53. The minimum absolute atomic E-state index is 0.00346. The van der Waals surface area contributed by atoms with Crippen LogP contribution in [0.4, 0.5) is 11.4 Å². The zero-order valence-electron chi connectivity index (χ0n) is 15.0. The van der Waals surface area contributed by atoms with Gasteiger partial charge < -0.3 is 19.9 Å². The molecule has 0 spiro atoms. The second kappa shape index (κ2) is 8.92. The average molecular weight is 375 g/mol. The van der Waals surface area contributed by atoms with Crippen LogP contribution in [0, 0.1) is 0 Å². The summed E-state index contributed by atoms with van der Waals surface area (Å²) in [4.78, 5) is 15.9. The molecule has 2 N–H and O–H groups in total. The van der Waals surface area contributed by atoms with Crippen LogP contribution in [0.1, 0.15) is 6.92 Å². The number of nitrogens with one attached hydrogen (secondary N) is 2. The Labute approximate surface area is 159 Å². The first-order chi connectivity index (χ1) is 12.7. The first-order valence-electron chi connectivity index (χ1n) is 9.02. The molecule has 3 rings (SSSR count). The van der Waals surface area contributed by atoms with Crippen molar-refractivity contribution in [2.75, 3.05) is 49.5 Å². The first-order valence-corrected chi connectivity index (χ1v) is 9.40. The topological polar surface area (TPSA) is 46.0 Å². The number of hydrogen-bond donors (Lipinski definition) is 2. The van der Waals surface area contributed by atoms with E-state index >= 15 is 0 Å². The Hall–Kier alpha value is -2.24. The minimum Gasteiger partial charge on any atom is -0.492 e. The molecule has 5 nitrogen and oxygen atoms in total. The maximum absolute atomic E-state index is 12.3. The lowest BCUT2D eigenvalue weighted by molar-refractivity contribution is -0.892. The largest absolute Gasteiger partial charge is 0.492 e. The predicted octanol–water partition coefficient (Wildman–Crippen LogP) is 2.08. The molecule has 26 heavy (non-hydrogen) atoms. The standard InChI is InChI=1S/C20H24ClN3O2/c1-2-26-19-10-6-5-9-18(19)24-13-11-23(12-14-24)15-20(25)22-17-8-4-3-7-16(17)21/h3-10H,2,11-15H2,1H3,(H,22,25)/p+1. The number of halogens is 1. The highest BCUT2D eigenvalue weighted by Gasteiger charge is 2.24. The molecule has 2 aromatic rings. The second-order valence-electron chi connectivity index (χ2n) is 6.34. The van der Waals surface area contributed by atoms with Crippen LogP contribution < -0.4 is 19.9 Å². The molecule has 1 amide bonds. The Morgan fingerprint density at radius 3 is 2.58 bits per heavy atom. The van der Waals surface area contributed by atoms with E-state index in [0.29, 0.717) is 23.9 Å². The number of rotatable bonds is 6. The molecule has 0 saturated carbocycles. The summed E-state index contributed by atoms with van der Waals surface area (Å²) in [5, 5.41) is 3.46. The van der Waals surface area contributed by atoms with E-state index in [1.165, 1.54) is 4.90 Å². The van der Waals surface area contributed by atoms with Crippen molar-refractivity contribution in [3.63, 3.8) is 0 Å². The van der Waals surface area contributed by atoms with Crippen LogP contribution >= 0.6 is 11.6 Å². The predicted molar refractivity (Wildman–Crippen MR) is 105 cm³/mol. The number of carbonyl (C=O) groups excluding carboxylic acids is 1. The highest BCUT2D eigenvalue weighted by atomic mass is 35.5. The summed E-state index contributed by atoms with van der Waals surface area (Å²) in [6.45, 7) is 6.73. The van der Waals surface area contributed by atoms with Crippen molar-refractivity contribution < 1.29 is 14.4 Å². The van der Waals surface area contributed by atoms with Gasteiger partial charge in [-0.25, -0.2) is 0 Å². The van der Waals surface area contributed by atoms with E-state index in [-0.39, 0.29) is 5.91 Å². The van der Waals surface area contributed by atoms with Crippen LogP contribution in [0.25, 0.3) is 0 Å². The molecule has 1 fully saturated rings. The van der Waals surface area contributed by atoms with Crippen molar-refractivity contribution in [3.8, 4) is 5.75 Å². The first kappa shape index (κ1) is 18.5. The normalized spacial score (nSPS) is 14.9. The number of hydrogen-bond acceptors (Lipinski definition) is 3. The van der Waals surface area contributed by atoms with Crippen molar-refractivity contribution >= 4 is 28.9 Å². The summed E-state index contributed by atoms with van der Waals surface area (Å²) in [7, 11) is 0. The van der Waals surface area contributed by atoms with Gasteiger partial charge in [0.2, 0.25) is 0 Å². The molecule has 138 valence electrons. The Kier molecular flexibility index (Phi) is 6.36. The average Bonchev–Trinajstić information content (AvgIpc) is 2.65.